The van der Waals surface area contributed by atoms with E-state index >= 15 is 0 Å². The third-order valence-electron chi connectivity index (χ3n) is 3.62. The van der Waals surface area contributed by atoms with E-state index in [-0.39, 0.29) is 12.3 Å². The molecule has 1 amide bonds. The SMILES string of the molecule is COc1ccc(CC(=O)Nc2ccc3c(c2)B(O)OC3)cc1. The Morgan fingerprint density at radius 1 is 1.32 bits per heavy atom. The Kier molecular flexibility index (Phi) is 4.13. The van der Waals surface area contributed by atoms with Crippen molar-refractivity contribution >= 4 is 24.2 Å². The van der Waals surface area contributed by atoms with E-state index in [1.807, 2.05) is 36.4 Å². The predicted molar refractivity (Wildman–Crippen MR) is 84.2 cm³/mol. The summed E-state index contributed by atoms with van der Waals surface area (Å²) in [6, 6.07) is 12.8. The molecule has 1 aliphatic rings. The van der Waals surface area contributed by atoms with E-state index in [4.69, 9.17) is 9.39 Å². The summed E-state index contributed by atoms with van der Waals surface area (Å²) in [5.74, 6) is 0.648. The van der Waals surface area contributed by atoms with Gasteiger partial charge in [-0.05, 0) is 40.9 Å². The maximum Gasteiger partial charge on any atom is 0.491 e. The zero-order valence-corrected chi connectivity index (χ0v) is 12.2. The number of ether oxygens (including phenoxy) is 1. The molecule has 0 bridgehead atoms. The van der Waals surface area contributed by atoms with Crippen molar-refractivity contribution in [1.29, 1.82) is 0 Å². The van der Waals surface area contributed by atoms with Crippen molar-refractivity contribution in [2.45, 2.75) is 13.0 Å². The van der Waals surface area contributed by atoms with Gasteiger partial charge in [0.1, 0.15) is 5.75 Å². The number of hydrogen-bond acceptors (Lipinski definition) is 4. The lowest BCUT2D eigenvalue weighted by Gasteiger charge is -2.08. The Balaban J connectivity index is 1.65. The van der Waals surface area contributed by atoms with E-state index < -0.39 is 7.12 Å². The van der Waals surface area contributed by atoms with Gasteiger partial charge in [-0.2, -0.15) is 0 Å². The Hall–Kier alpha value is -2.31. The molecule has 0 aliphatic carbocycles. The molecule has 6 heteroatoms. The molecule has 0 saturated carbocycles. The number of rotatable bonds is 4. The van der Waals surface area contributed by atoms with Crippen LogP contribution in [0.5, 0.6) is 5.75 Å². The summed E-state index contributed by atoms with van der Waals surface area (Å²) in [6.07, 6.45) is 0.278. The van der Waals surface area contributed by atoms with Gasteiger partial charge in [0.25, 0.3) is 0 Å². The van der Waals surface area contributed by atoms with Gasteiger partial charge in [-0.1, -0.05) is 18.2 Å². The maximum absolute atomic E-state index is 12.1. The van der Waals surface area contributed by atoms with Gasteiger partial charge in [-0.25, -0.2) is 0 Å². The van der Waals surface area contributed by atoms with Gasteiger partial charge >= 0.3 is 7.12 Å². The number of hydrogen-bond donors (Lipinski definition) is 2. The highest BCUT2D eigenvalue weighted by atomic mass is 16.5. The Bertz CT molecular complexity index is 687. The van der Waals surface area contributed by atoms with Gasteiger partial charge in [0.05, 0.1) is 20.1 Å². The fraction of sp³-hybridized carbons (Fsp3) is 0.188. The van der Waals surface area contributed by atoms with Crippen molar-refractivity contribution in [2.75, 3.05) is 12.4 Å². The van der Waals surface area contributed by atoms with E-state index in [9.17, 15) is 9.82 Å². The molecule has 2 aromatic rings. The van der Waals surface area contributed by atoms with E-state index in [0.29, 0.717) is 17.8 Å². The lowest BCUT2D eigenvalue weighted by atomic mass is 9.79. The summed E-state index contributed by atoms with van der Waals surface area (Å²) in [4.78, 5) is 12.1. The van der Waals surface area contributed by atoms with E-state index in [1.54, 1.807) is 13.2 Å². The van der Waals surface area contributed by atoms with Crippen molar-refractivity contribution in [3.8, 4) is 5.75 Å². The number of carbonyl (C=O) groups is 1. The molecule has 0 aromatic heterocycles. The number of benzene rings is 2. The standard InChI is InChI=1S/C16H16BNO4/c1-21-14-6-2-11(3-7-14)8-16(19)18-13-5-4-12-10-22-17(20)15(12)9-13/h2-7,9,20H,8,10H2,1H3,(H,18,19). The third kappa shape index (κ3) is 3.13. The minimum absolute atomic E-state index is 0.112. The second-order valence-corrected chi connectivity index (χ2v) is 5.15. The summed E-state index contributed by atoms with van der Waals surface area (Å²) in [7, 11) is 0.696. The molecule has 1 heterocycles. The van der Waals surface area contributed by atoms with Crippen LogP contribution in [0.3, 0.4) is 0 Å². The van der Waals surface area contributed by atoms with Gasteiger partial charge in [0, 0.05) is 5.69 Å². The second kappa shape index (κ2) is 6.21. The van der Waals surface area contributed by atoms with Crippen LogP contribution in [-0.2, 0) is 22.5 Å². The summed E-state index contributed by atoms with van der Waals surface area (Å²) in [6.45, 7) is 0.399. The number of amides is 1. The van der Waals surface area contributed by atoms with E-state index in [2.05, 4.69) is 5.32 Å². The maximum atomic E-state index is 12.1. The number of nitrogens with one attached hydrogen (secondary N) is 1. The molecular weight excluding hydrogens is 281 g/mol. The Labute approximate surface area is 129 Å². The molecular formula is C16H16BNO4. The smallest absolute Gasteiger partial charge is 0.491 e. The van der Waals surface area contributed by atoms with Crippen LogP contribution in [-0.4, -0.2) is 25.2 Å². The monoisotopic (exact) mass is 297 g/mol. The first-order chi connectivity index (χ1) is 10.7. The van der Waals surface area contributed by atoms with Crippen molar-refractivity contribution in [3.05, 3.63) is 53.6 Å². The first-order valence-corrected chi connectivity index (χ1v) is 7.01. The number of carbonyl (C=O) groups excluding carboxylic acids is 1. The van der Waals surface area contributed by atoms with Crippen molar-refractivity contribution in [1.82, 2.24) is 0 Å². The topological polar surface area (TPSA) is 67.8 Å². The highest BCUT2D eigenvalue weighted by molar-refractivity contribution is 6.61. The molecule has 22 heavy (non-hydrogen) atoms. The van der Waals surface area contributed by atoms with Crippen LogP contribution >= 0.6 is 0 Å². The molecule has 2 aromatic carbocycles. The third-order valence-corrected chi connectivity index (χ3v) is 3.62. The second-order valence-electron chi connectivity index (χ2n) is 5.15. The van der Waals surface area contributed by atoms with Crippen LogP contribution in [0, 0.1) is 0 Å². The molecule has 3 rings (SSSR count). The molecule has 0 fully saturated rings. The molecule has 0 saturated heterocycles. The van der Waals surface area contributed by atoms with Crippen LogP contribution in [0.25, 0.3) is 0 Å². The quantitative estimate of drug-likeness (QED) is 0.829. The highest BCUT2D eigenvalue weighted by Crippen LogP contribution is 2.16. The first-order valence-electron chi connectivity index (χ1n) is 7.01. The van der Waals surface area contributed by atoms with E-state index in [1.165, 1.54) is 0 Å². The van der Waals surface area contributed by atoms with Crippen LogP contribution in [0.2, 0.25) is 0 Å². The normalized spacial score (nSPS) is 12.9. The lowest BCUT2D eigenvalue weighted by molar-refractivity contribution is -0.115. The summed E-state index contributed by atoms with van der Waals surface area (Å²) in [5, 5.41) is 12.5. The summed E-state index contributed by atoms with van der Waals surface area (Å²) >= 11 is 0. The Morgan fingerprint density at radius 3 is 2.82 bits per heavy atom. The molecule has 2 N–H and O–H groups in total. The zero-order valence-electron chi connectivity index (χ0n) is 12.2. The fourth-order valence-corrected chi connectivity index (χ4v) is 2.43. The molecule has 0 unspecified atom stereocenters. The molecule has 0 atom stereocenters. The molecule has 0 radical (unpaired) electrons. The van der Waals surface area contributed by atoms with Crippen LogP contribution in [0.1, 0.15) is 11.1 Å². The predicted octanol–water partition coefficient (Wildman–Crippen LogP) is 1.09. The van der Waals surface area contributed by atoms with Gasteiger partial charge < -0.3 is 19.7 Å². The fourth-order valence-electron chi connectivity index (χ4n) is 2.43. The van der Waals surface area contributed by atoms with Crippen LogP contribution < -0.4 is 15.5 Å². The number of anilines is 1. The van der Waals surface area contributed by atoms with Gasteiger partial charge in [-0.3, -0.25) is 4.79 Å². The average molecular weight is 297 g/mol. The highest BCUT2D eigenvalue weighted by Gasteiger charge is 2.27. The van der Waals surface area contributed by atoms with Crippen LogP contribution in [0.4, 0.5) is 5.69 Å². The van der Waals surface area contributed by atoms with Crippen molar-refractivity contribution in [2.24, 2.45) is 0 Å². The van der Waals surface area contributed by atoms with Crippen LogP contribution in [0.15, 0.2) is 42.5 Å². The molecule has 1 aliphatic heterocycles. The van der Waals surface area contributed by atoms with Gasteiger partial charge in [-0.15, -0.1) is 0 Å². The largest absolute Gasteiger partial charge is 0.497 e. The average Bonchev–Trinajstić information content (AvgIpc) is 2.89. The van der Waals surface area contributed by atoms with Gasteiger partial charge in [0.2, 0.25) is 5.91 Å². The summed E-state index contributed by atoms with van der Waals surface area (Å²) < 4.78 is 10.2. The first kappa shape index (κ1) is 14.6. The lowest BCUT2D eigenvalue weighted by Crippen LogP contribution is -2.28. The molecule has 5 nitrogen and oxygen atoms in total. The number of methoxy groups -OCH3 is 1. The Morgan fingerprint density at radius 2 is 2.09 bits per heavy atom. The van der Waals surface area contributed by atoms with Gasteiger partial charge in [0.15, 0.2) is 0 Å². The zero-order chi connectivity index (χ0) is 15.5. The van der Waals surface area contributed by atoms with E-state index in [0.717, 1.165) is 16.9 Å². The van der Waals surface area contributed by atoms with Crippen molar-refractivity contribution in [3.63, 3.8) is 0 Å². The number of fused-ring (bicyclic) bond motifs is 1. The molecule has 0 spiro atoms. The molecule has 112 valence electrons. The van der Waals surface area contributed by atoms with Crippen molar-refractivity contribution < 1.29 is 19.2 Å². The minimum Gasteiger partial charge on any atom is -0.497 e. The summed E-state index contributed by atoms with van der Waals surface area (Å²) in [5.41, 5.74) is 3.22. The minimum atomic E-state index is -0.909.